The molecule has 0 heterocycles. The number of hydrogen-bond acceptors (Lipinski definition) is 4. The SMILES string of the molecule is Cc1ccccc1N(CC(=O)N(Cc1cccc(Br)c1)[C@H](Cc1ccccc1)C(=O)NC(C)(C)C)S(=O)(=O)c1ccccc1. The van der Waals surface area contributed by atoms with Crippen molar-refractivity contribution < 1.29 is 18.0 Å². The van der Waals surface area contributed by atoms with E-state index < -0.39 is 34.1 Å². The molecular weight excluding hydrogens is 638 g/mol. The Morgan fingerprint density at radius 1 is 0.818 bits per heavy atom. The van der Waals surface area contributed by atoms with Gasteiger partial charge in [0.15, 0.2) is 0 Å². The van der Waals surface area contributed by atoms with Gasteiger partial charge in [-0.25, -0.2) is 8.42 Å². The van der Waals surface area contributed by atoms with Gasteiger partial charge >= 0.3 is 0 Å². The van der Waals surface area contributed by atoms with Gasteiger partial charge in [0.25, 0.3) is 10.0 Å². The number of nitrogens with zero attached hydrogens (tertiary/aromatic N) is 2. The quantitative estimate of drug-likeness (QED) is 0.196. The maximum Gasteiger partial charge on any atom is 0.264 e. The van der Waals surface area contributed by atoms with E-state index in [0.29, 0.717) is 11.3 Å². The van der Waals surface area contributed by atoms with Crippen LogP contribution in [0.4, 0.5) is 5.69 Å². The van der Waals surface area contributed by atoms with E-state index in [1.165, 1.54) is 17.0 Å². The third-order valence-electron chi connectivity index (χ3n) is 7.01. The first-order chi connectivity index (χ1) is 20.8. The van der Waals surface area contributed by atoms with Gasteiger partial charge in [-0.3, -0.25) is 13.9 Å². The van der Waals surface area contributed by atoms with E-state index in [1.807, 2.05) is 94.4 Å². The first kappa shape index (κ1) is 33.0. The Kier molecular flexibility index (Phi) is 10.7. The van der Waals surface area contributed by atoms with E-state index in [9.17, 15) is 18.0 Å². The number of halogens is 1. The van der Waals surface area contributed by atoms with Gasteiger partial charge in [-0.1, -0.05) is 94.8 Å². The molecule has 0 aliphatic rings. The molecular formula is C35H38BrN3O4S. The highest BCUT2D eigenvalue weighted by Gasteiger charge is 2.36. The van der Waals surface area contributed by atoms with Crippen LogP contribution < -0.4 is 9.62 Å². The second kappa shape index (κ2) is 14.2. The van der Waals surface area contributed by atoms with Crippen LogP contribution in [0.15, 0.2) is 119 Å². The summed E-state index contributed by atoms with van der Waals surface area (Å²) < 4.78 is 30.2. The molecule has 1 atom stereocenters. The fourth-order valence-electron chi connectivity index (χ4n) is 4.92. The second-order valence-corrected chi connectivity index (χ2v) is 14.5. The van der Waals surface area contributed by atoms with E-state index in [2.05, 4.69) is 21.2 Å². The Morgan fingerprint density at radius 3 is 2.02 bits per heavy atom. The number of aryl methyl sites for hydroxylation is 1. The average Bonchev–Trinajstić information content (AvgIpc) is 2.98. The van der Waals surface area contributed by atoms with Crippen molar-refractivity contribution in [3.63, 3.8) is 0 Å². The molecule has 0 bridgehead atoms. The molecule has 230 valence electrons. The lowest BCUT2D eigenvalue weighted by atomic mass is 10.0. The van der Waals surface area contributed by atoms with Gasteiger partial charge in [0.05, 0.1) is 10.6 Å². The maximum absolute atomic E-state index is 14.5. The van der Waals surface area contributed by atoms with Crippen molar-refractivity contribution in [2.24, 2.45) is 0 Å². The van der Waals surface area contributed by atoms with Crippen molar-refractivity contribution in [2.45, 2.75) is 57.1 Å². The Hall–Kier alpha value is -3.95. The Balaban J connectivity index is 1.82. The van der Waals surface area contributed by atoms with E-state index in [-0.39, 0.29) is 23.8 Å². The summed E-state index contributed by atoms with van der Waals surface area (Å²) in [5, 5.41) is 3.05. The van der Waals surface area contributed by atoms with Gasteiger partial charge in [0.1, 0.15) is 12.6 Å². The lowest BCUT2D eigenvalue weighted by Gasteiger charge is -2.35. The molecule has 0 unspecified atom stereocenters. The number of carbonyl (C=O) groups is 2. The smallest absolute Gasteiger partial charge is 0.264 e. The van der Waals surface area contributed by atoms with Crippen molar-refractivity contribution in [1.82, 2.24) is 10.2 Å². The van der Waals surface area contributed by atoms with Crippen LogP contribution in [0.3, 0.4) is 0 Å². The minimum absolute atomic E-state index is 0.0703. The summed E-state index contributed by atoms with van der Waals surface area (Å²) in [6.45, 7) is 7.07. The fraction of sp³-hybridized carbons (Fsp3) is 0.257. The van der Waals surface area contributed by atoms with Crippen LogP contribution in [0.5, 0.6) is 0 Å². The van der Waals surface area contributed by atoms with Crippen LogP contribution in [-0.2, 0) is 32.6 Å². The summed E-state index contributed by atoms with van der Waals surface area (Å²) in [6.07, 6.45) is 0.248. The third kappa shape index (κ3) is 8.57. The molecule has 0 radical (unpaired) electrons. The van der Waals surface area contributed by atoms with Crippen molar-refractivity contribution in [3.05, 3.63) is 130 Å². The van der Waals surface area contributed by atoms with E-state index in [4.69, 9.17) is 0 Å². The van der Waals surface area contributed by atoms with Gasteiger partial charge in [0.2, 0.25) is 11.8 Å². The van der Waals surface area contributed by atoms with Gasteiger partial charge in [0, 0.05) is 23.0 Å². The van der Waals surface area contributed by atoms with E-state index >= 15 is 0 Å². The monoisotopic (exact) mass is 675 g/mol. The van der Waals surface area contributed by atoms with Crippen LogP contribution in [0, 0.1) is 6.92 Å². The molecule has 44 heavy (non-hydrogen) atoms. The Bertz CT molecular complexity index is 1690. The largest absolute Gasteiger partial charge is 0.350 e. The Morgan fingerprint density at radius 2 is 1.41 bits per heavy atom. The molecule has 7 nitrogen and oxygen atoms in total. The topological polar surface area (TPSA) is 86.8 Å². The highest BCUT2D eigenvalue weighted by Crippen LogP contribution is 2.28. The van der Waals surface area contributed by atoms with Crippen LogP contribution in [0.2, 0.25) is 0 Å². The number of rotatable bonds is 11. The molecule has 4 rings (SSSR count). The van der Waals surface area contributed by atoms with Crippen LogP contribution >= 0.6 is 15.9 Å². The molecule has 0 aliphatic heterocycles. The van der Waals surface area contributed by atoms with Crippen molar-refractivity contribution in [2.75, 3.05) is 10.8 Å². The first-order valence-electron chi connectivity index (χ1n) is 14.4. The molecule has 0 saturated heterocycles. The lowest BCUT2D eigenvalue weighted by molar-refractivity contribution is -0.140. The van der Waals surface area contributed by atoms with Crippen LogP contribution in [0.25, 0.3) is 0 Å². The zero-order chi connectivity index (χ0) is 31.9. The van der Waals surface area contributed by atoms with Gasteiger partial charge < -0.3 is 10.2 Å². The zero-order valence-electron chi connectivity index (χ0n) is 25.4. The summed E-state index contributed by atoms with van der Waals surface area (Å²) >= 11 is 3.51. The zero-order valence-corrected chi connectivity index (χ0v) is 27.8. The minimum atomic E-state index is -4.14. The first-order valence-corrected chi connectivity index (χ1v) is 16.6. The highest BCUT2D eigenvalue weighted by molar-refractivity contribution is 9.10. The number of benzene rings is 4. The summed E-state index contributed by atoms with van der Waals surface area (Å²) in [6, 6.07) is 31.2. The van der Waals surface area contributed by atoms with E-state index in [0.717, 1.165) is 19.9 Å². The van der Waals surface area contributed by atoms with Gasteiger partial charge in [-0.15, -0.1) is 0 Å². The fourth-order valence-corrected chi connectivity index (χ4v) is 6.86. The standard InChI is InChI=1S/C35H38BrN3O4S/c1-26-14-11-12-21-31(26)39(44(42,43)30-19-9-6-10-20-30)25-33(40)38(24-28-17-13-18-29(36)22-28)32(34(41)37-35(2,3)4)23-27-15-7-5-8-16-27/h5-22,32H,23-25H2,1-4H3,(H,37,41)/t32-/m1/s1. The predicted octanol–water partition coefficient (Wildman–Crippen LogP) is 6.51. The molecule has 1 N–H and O–H groups in total. The highest BCUT2D eigenvalue weighted by atomic mass is 79.9. The van der Waals surface area contributed by atoms with E-state index in [1.54, 1.807) is 30.3 Å². The molecule has 0 aliphatic carbocycles. The summed E-state index contributed by atoms with van der Waals surface area (Å²) in [5.74, 6) is -0.823. The third-order valence-corrected chi connectivity index (χ3v) is 9.27. The Labute approximate surface area is 269 Å². The van der Waals surface area contributed by atoms with Crippen molar-refractivity contribution in [1.29, 1.82) is 0 Å². The number of sulfonamides is 1. The molecule has 9 heteroatoms. The molecule has 0 saturated carbocycles. The molecule has 4 aromatic carbocycles. The number of amides is 2. The molecule has 4 aromatic rings. The van der Waals surface area contributed by atoms with Crippen LogP contribution in [-0.4, -0.2) is 43.3 Å². The number of anilines is 1. The predicted molar refractivity (Wildman–Crippen MR) is 179 cm³/mol. The molecule has 2 amide bonds. The van der Waals surface area contributed by atoms with Crippen molar-refractivity contribution in [3.8, 4) is 0 Å². The minimum Gasteiger partial charge on any atom is -0.350 e. The average molecular weight is 677 g/mol. The van der Waals surface area contributed by atoms with Crippen molar-refractivity contribution >= 4 is 43.5 Å². The number of hydrogen-bond donors (Lipinski definition) is 1. The molecule has 0 aromatic heterocycles. The molecule has 0 fully saturated rings. The molecule has 0 spiro atoms. The number of para-hydroxylation sites is 1. The van der Waals surface area contributed by atoms with Gasteiger partial charge in [-0.05, 0) is 74.7 Å². The normalized spacial score (nSPS) is 12.3. The lowest BCUT2D eigenvalue weighted by Crippen LogP contribution is -2.56. The number of nitrogens with one attached hydrogen (secondary N) is 1. The summed E-state index contributed by atoms with van der Waals surface area (Å²) in [5.41, 5.74) is 2.21. The summed E-state index contributed by atoms with van der Waals surface area (Å²) in [4.78, 5) is 30.1. The van der Waals surface area contributed by atoms with Gasteiger partial charge in [-0.2, -0.15) is 0 Å². The van der Waals surface area contributed by atoms with Crippen LogP contribution in [0.1, 0.15) is 37.5 Å². The number of carbonyl (C=O) groups excluding carboxylic acids is 2. The second-order valence-electron chi connectivity index (χ2n) is 11.7. The maximum atomic E-state index is 14.5. The summed E-state index contributed by atoms with van der Waals surface area (Å²) in [7, 11) is -4.14.